The number of halogens is 1. The fourth-order valence-corrected chi connectivity index (χ4v) is 2.87. The second kappa shape index (κ2) is 5.43. The largest absolute Gasteiger partial charge is 0.326 e. The molecule has 0 radical (unpaired) electrons. The molecule has 1 aliphatic carbocycles. The number of nitrogens with one attached hydrogen (secondary N) is 1. The molecule has 3 N–H and O–H groups in total. The highest BCUT2D eigenvalue weighted by atomic mass is 32.2. The summed E-state index contributed by atoms with van der Waals surface area (Å²) in [5.74, 6) is -0.865. The molecule has 1 aliphatic rings. The molecule has 1 saturated carbocycles. The molecule has 0 aliphatic heterocycles. The predicted octanol–water partition coefficient (Wildman–Crippen LogP) is 0.750. The zero-order valence-corrected chi connectivity index (χ0v) is 11.3. The zero-order valence-electron chi connectivity index (χ0n) is 10.5. The first-order chi connectivity index (χ1) is 9.31. The Morgan fingerprint density at radius 1 is 1.50 bits per heavy atom. The SMILES string of the molecule is NC(CNS(=O)(=O)c1ccc([N+](=O)[O-])c(F)c1)C1CC1. The standard InChI is InChI=1S/C11H14FN3O4S/c12-9-5-8(3-4-11(9)15(16)17)20(18,19)14-6-10(13)7-1-2-7/h3-5,7,10,14H,1-2,6,13H2. The van der Waals surface area contributed by atoms with Crippen LogP contribution in [0.3, 0.4) is 0 Å². The maximum Gasteiger partial charge on any atom is 0.304 e. The molecule has 0 bridgehead atoms. The number of benzene rings is 1. The van der Waals surface area contributed by atoms with Crippen LogP contribution in [0.2, 0.25) is 0 Å². The van der Waals surface area contributed by atoms with Gasteiger partial charge in [-0.15, -0.1) is 0 Å². The summed E-state index contributed by atoms with van der Waals surface area (Å²) in [5.41, 5.74) is 5.00. The molecule has 7 nitrogen and oxygen atoms in total. The van der Waals surface area contributed by atoms with Gasteiger partial charge in [-0.1, -0.05) is 0 Å². The molecule has 1 atom stereocenters. The van der Waals surface area contributed by atoms with E-state index in [2.05, 4.69) is 4.72 Å². The van der Waals surface area contributed by atoms with Gasteiger partial charge in [-0.25, -0.2) is 13.1 Å². The quantitative estimate of drug-likeness (QED) is 0.594. The molecule has 20 heavy (non-hydrogen) atoms. The topological polar surface area (TPSA) is 115 Å². The van der Waals surface area contributed by atoms with E-state index in [-0.39, 0.29) is 17.5 Å². The van der Waals surface area contributed by atoms with Crippen LogP contribution >= 0.6 is 0 Å². The fraction of sp³-hybridized carbons (Fsp3) is 0.455. The van der Waals surface area contributed by atoms with Crippen molar-refractivity contribution in [2.75, 3.05) is 6.54 Å². The minimum absolute atomic E-state index is 0.0611. The van der Waals surface area contributed by atoms with Gasteiger partial charge >= 0.3 is 5.69 Å². The second-order valence-electron chi connectivity index (χ2n) is 4.72. The molecule has 0 saturated heterocycles. The van der Waals surface area contributed by atoms with Crippen LogP contribution in [0.1, 0.15) is 12.8 Å². The molecule has 1 aromatic rings. The molecule has 0 spiro atoms. The highest BCUT2D eigenvalue weighted by Crippen LogP contribution is 2.31. The summed E-state index contributed by atoms with van der Waals surface area (Å²) in [7, 11) is -3.92. The number of nitrogens with two attached hydrogens (primary N) is 1. The molecule has 9 heteroatoms. The Hall–Kier alpha value is -1.58. The minimum Gasteiger partial charge on any atom is -0.326 e. The van der Waals surface area contributed by atoms with Crippen LogP contribution in [0, 0.1) is 21.8 Å². The van der Waals surface area contributed by atoms with E-state index in [1.165, 1.54) is 0 Å². The molecular weight excluding hydrogens is 289 g/mol. The second-order valence-corrected chi connectivity index (χ2v) is 6.49. The van der Waals surface area contributed by atoms with Crippen LogP contribution in [0.15, 0.2) is 23.1 Å². The lowest BCUT2D eigenvalue weighted by Gasteiger charge is -2.12. The van der Waals surface area contributed by atoms with Crippen molar-refractivity contribution >= 4 is 15.7 Å². The van der Waals surface area contributed by atoms with Gasteiger partial charge in [-0.2, -0.15) is 4.39 Å². The van der Waals surface area contributed by atoms with Gasteiger partial charge in [0.15, 0.2) is 0 Å². The van der Waals surface area contributed by atoms with E-state index in [4.69, 9.17) is 5.73 Å². The number of hydrogen-bond acceptors (Lipinski definition) is 5. The molecule has 0 aromatic heterocycles. The number of nitrogens with zero attached hydrogens (tertiary/aromatic N) is 1. The summed E-state index contributed by atoms with van der Waals surface area (Å²) >= 11 is 0. The predicted molar refractivity (Wildman–Crippen MR) is 68.9 cm³/mol. The van der Waals surface area contributed by atoms with Crippen LogP contribution < -0.4 is 10.5 Å². The number of nitro benzene ring substituents is 1. The van der Waals surface area contributed by atoms with Crippen molar-refractivity contribution < 1.29 is 17.7 Å². The van der Waals surface area contributed by atoms with E-state index in [0.717, 1.165) is 25.0 Å². The van der Waals surface area contributed by atoms with Gasteiger partial charge in [0.05, 0.1) is 9.82 Å². The van der Waals surface area contributed by atoms with Crippen molar-refractivity contribution in [1.29, 1.82) is 0 Å². The van der Waals surface area contributed by atoms with Crippen molar-refractivity contribution in [1.82, 2.24) is 4.72 Å². The first kappa shape index (κ1) is 14.8. The van der Waals surface area contributed by atoms with E-state index in [0.29, 0.717) is 12.0 Å². The summed E-state index contributed by atoms with van der Waals surface area (Å²) in [4.78, 5) is 9.19. The fourth-order valence-electron chi connectivity index (χ4n) is 1.78. The Morgan fingerprint density at radius 3 is 2.65 bits per heavy atom. The van der Waals surface area contributed by atoms with Crippen LogP contribution in [-0.2, 0) is 10.0 Å². The number of hydrogen-bond donors (Lipinski definition) is 2. The van der Waals surface area contributed by atoms with Gasteiger partial charge in [-0.05, 0) is 24.8 Å². The van der Waals surface area contributed by atoms with Gasteiger partial charge in [-0.3, -0.25) is 10.1 Å². The first-order valence-electron chi connectivity index (χ1n) is 6.00. The Balaban J connectivity index is 2.12. The monoisotopic (exact) mass is 303 g/mol. The molecule has 1 aromatic carbocycles. The molecule has 0 heterocycles. The Morgan fingerprint density at radius 2 is 2.15 bits per heavy atom. The van der Waals surface area contributed by atoms with E-state index in [1.807, 2.05) is 0 Å². The molecule has 0 amide bonds. The van der Waals surface area contributed by atoms with Crippen LogP contribution in [-0.4, -0.2) is 25.9 Å². The van der Waals surface area contributed by atoms with Gasteiger partial charge in [0.25, 0.3) is 0 Å². The zero-order chi connectivity index (χ0) is 14.9. The van der Waals surface area contributed by atoms with Crippen LogP contribution in [0.5, 0.6) is 0 Å². The number of rotatable bonds is 6. The van der Waals surface area contributed by atoms with Crippen molar-refractivity contribution in [3.63, 3.8) is 0 Å². The molecule has 1 unspecified atom stereocenters. The Bertz CT molecular complexity index is 631. The van der Waals surface area contributed by atoms with Gasteiger partial charge in [0.2, 0.25) is 15.8 Å². The maximum absolute atomic E-state index is 13.4. The van der Waals surface area contributed by atoms with E-state index < -0.39 is 26.5 Å². The third-order valence-corrected chi connectivity index (χ3v) is 4.58. The smallest absolute Gasteiger partial charge is 0.304 e. The highest BCUT2D eigenvalue weighted by molar-refractivity contribution is 7.89. The van der Waals surface area contributed by atoms with E-state index >= 15 is 0 Å². The van der Waals surface area contributed by atoms with Gasteiger partial charge < -0.3 is 5.73 Å². The number of nitro groups is 1. The third-order valence-electron chi connectivity index (χ3n) is 3.16. The molecule has 1 fully saturated rings. The van der Waals surface area contributed by atoms with Crippen molar-refractivity contribution in [2.24, 2.45) is 11.7 Å². The average Bonchev–Trinajstić information content (AvgIpc) is 3.19. The lowest BCUT2D eigenvalue weighted by Crippen LogP contribution is -2.38. The van der Waals surface area contributed by atoms with E-state index in [9.17, 15) is 22.9 Å². The average molecular weight is 303 g/mol. The van der Waals surface area contributed by atoms with Gasteiger partial charge in [0, 0.05) is 24.7 Å². The highest BCUT2D eigenvalue weighted by Gasteiger charge is 2.29. The molecular formula is C11H14FN3O4S. The van der Waals surface area contributed by atoms with Crippen LogP contribution in [0.25, 0.3) is 0 Å². The lowest BCUT2D eigenvalue weighted by atomic mass is 10.2. The van der Waals surface area contributed by atoms with Crippen molar-refractivity contribution in [3.05, 3.63) is 34.1 Å². The maximum atomic E-state index is 13.4. The molecule has 2 rings (SSSR count). The van der Waals surface area contributed by atoms with Crippen molar-refractivity contribution in [2.45, 2.75) is 23.8 Å². The summed E-state index contributed by atoms with van der Waals surface area (Å²) in [6.45, 7) is 0.0611. The lowest BCUT2D eigenvalue weighted by molar-refractivity contribution is -0.387. The summed E-state index contributed by atoms with van der Waals surface area (Å²) < 4.78 is 39.5. The van der Waals surface area contributed by atoms with Gasteiger partial charge in [0.1, 0.15) is 0 Å². The molecule has 110 valence electrons. The minimum atomic E-state index is -3.92. The normalized spacial score (nSPS) is 16.9. The first-order valence-corrected chi connectivity index (χ1v) is 7.49. The summed E-state index contributed by atoms with van der Waals surface area (Å²) in [6.07, 6.45) is 1.96. The van der Waals surface area contributed by atoms with E-state index in [1.54, 1.807) is 0 Å². The van der Waals surface area contributed by atoms with Crippen molar-refractivity contribution in [3.8, 4) is 0 Å². The summed E-state index contributed by atoms with van der Waals surface area (Å²) in [6, 6.07) is 2.17. The Labute approximate surface area is 115 Å². The van der Waals surface area contributed by atoms with Crippen LogP contribution in [0.4, 0.5) is 10.1 Å². The third kappa shape index (κ3) is 3.30. The summed E-state index contributed by atoms with van der Waals surface area (Å²) in [5, 5.41) is 10.5. The Kier molecular flexibility index (Phi) is 4.02. The number of sulfonamides is 1.